The lowest BCUT2D eigenvalue weighted by atomic mass is 10.00. The lowest BCUT2D eigenvalue weighted by Crippen LogP contribution is -2.37. The molecule has 2 aromatic heterocycles. The molecule has 6 rings (SSSR count). The molecule has 0 bridgehead atoms. The Morgan fingerprint density at radius 1 is 1.00 bits per heavy atom. The van der Waals surface area contributed by atoms with Gasteiger partial charge in [-0.05, 0) is 76.4 Å². The monoisotopic (exact) mass is 548 g/mol. The van der Waals surface area contributed by atoms with Crippen molar-refractivity contribution in [1.29, 1.82) is 0 Å². The van der Waals surface area contributed by atoms with Crippen LogP contribution in [-0.4, -0.2) is 49.3 Å². The fraction of sp³-hybridized carbons (Fsp3) is 0.333. The van der Waals surface area contributed by atoms with E-state index in [1.807, 2.05) is 28.9 Å². The number of nitrogens with one attached hydrogen (secondary N) is 1. The highest BCUT2D eigenvalue weighted by Crippen LogP contribution is 2.30. The average Bonchev–Trinajstić information content (AvgIpc) is 3.70. The molecule has 1 fully saturated rings. The zero-order valence-corrected chi connectivity index (χ0v) is 23.4. The van der Waals surface area contributed by atoms with Gasteiger partial charge in [0, 0.05) is 30.8 Å². The van der Waals surface area contributed by atoms with E-state index >= 15 is 0 Å². The Morgan fingerprint density at radius 2 is 1.78 bits per heavy atom. The van der Waals surface area contributed by atoms with Gasteiger partial charge in [0.05, 0.1) is 12.6 Å². The van der Waals surface area contributed by atoms with Gasteiger partial charge in [-0.2, -0.15) is 0 Å². The molecular weight excluding hydrogens is 512 g/mol. The van der Waals surface area contributed by atoms with Crippen LogP contribution in [0.5, 0.6) is 0 Å². The van der Waals surface area contributed by atoms with Gasteiger partial charge < -0.3 is 9.72 Å². The van der Waals surface area contributed by atoms with Crippen LogP contribution in [0.15, 0.2) is 89.7 Å². The Morgan fingerprint density at radius 3 is 2.51 bits per heavy atom. The fourth-order valence-corrected chi connectivity index (χ4v) is 5.75. The average molecular weight is 549 g/mol. The van der Waals surface area contributed by atoms with Crippen LogP contribution in [0.4, 0.5) is 0 Å². The van der Waals surface area contributed by atoms with Crippen LogP contribution in [-0.2, 0) is 30.7 Å². The standard InChI is InChI=1S/C33H36N6O2/c1-2-24-15-16-30-27(20-24)21-29(33(40)34-30)31(32-35-36-37-39(32)23-28-14-9-19-41-28)38(22-26-12-7-4-8-13-26)18-17-25-10-5-3-6-11-25/h3-8,10-13,15-16,20-21,28,31H,2,9,14,17-19,22-23H2,1H3,(H,34,40)/t28-,31+/m0/s1. The first-order valence-corrected chi connectivity index (χ1v) is 14.5. The summed E-state index contributed by atoms with van der Waals surface area (Å²) in [5.41, 5.74) is 4.96. The summed E-state index contributed by atoms with van der Waals surface area (Å²) < 4.78 is 7.78. The first-order chi connectivity index (χ1) is 20.2. The lowest BCUT2D eigenvalue weighted by molar-refractivity contribution is 0.0906. The van der Waals surface area contributed by atoms with Crippen molar-refractivity contribution < 1.29 is 4.74 Å². The number of nitrogens with zero attached hydrogens (tertiary/aromatic N) is 5. The van der Waals surface area contributed by atoms with Crippen molar-refractivity contribution in [3.63, 3.8) is 0 Å². The lowest BCUT2D eigenvalue weighted by Gasteiger charge is -2.31. The normalized spacial score (nSPS) is 16.0. The first kappa shape index (κ1) is 27.1. The molecule has 1 aliphatic rings. The molecule has 3 aromatic carbocycles. The highest BCUT2D eigenvalue weighted by atomic mass is 16.5. The summed E-state index contributed by atoms with van der Waals surface area (Å²) in [6.45, 7) is 4.80. The Balaban J connectivity index is 1.47. The van der Waals surface area contributed by atoms with E-state index in [1.165, 1.54) is 11.1 Å². The Hall–Kier alpha value is -4.14. The fourth-order valence-electron chi connectivity index (χ4n) is 5.75. The smallest absolute Gasteiger partial charge is 0.253 e. The second kappa shape index (κ2) is 12.6. The molecule has 1 saturated heterocycles. The Labute approximate surface area is 240 Å². The van der Waals surface area contributed by atoms with Gasteiger partial charge in [0.25, 0.3) is 5.56 Å². The van der Waals surface area contributed by atoms with E-state index in [0.29, 0.717) is 31.0 Å². The molecule has 2 atom stereocenters. The van der Waals surface area contributed by atoms with Crippen molar-refractivity contribution in [2.45, 2.75) is 57.8 Å². The first-order valence-electron chi connectivity index (χ1n) is 14.5. The van der Waals surface area contributed by atoms with Gasteiger partial charge in [-0.3, -0.25) is 9.69 Å². The van der Waals surface area contributed by atoms with E-state index in [4.69, 9.17) is 4.74 Å². The zero-order chi connectivity index (χ0) is 28.0. The van der Waals surface area contributed by atoms with Crippen LogP contribution in [0.3, 0.4) is 0 Å². The maximum Gasteiger partial charge on any atom is 0.253 e. The third-order valence-electron chi connectivity index (χ3n) is 7.97. The summed E-state index contributed by atoms with van der Waals surface area (Å²) in [7, 11) is 0. The van der Waals surface area contributed by atoms with Gasteiger partial charge in [-0.1, -0.05) is 73.7 Å². The number of ether oxygens (including phenoxy) is 1. The van der Waals surface area contributed by atoms with Gasteiger partial charge >= 0.3 is 0 Å². The van der Waals surface area contributed by atoms with E-state index < -0.39 is 6.04 Å². The Kier molecular flexibility index (Phi) is 8.30. The topological polar surface area (TPSA) is 88.9 Å². The molecule has 0 spiro atoms. The molecular formula is C33H36N6O2. The third kappa shape index (κ3) is 6.29. The molecule has 0 aliphatic carbocycles. The highest BCUT2D eigenvalue weighted by Gasteiger charge is 2.32. The molecule has 41 heavy (non-hydrogen) atoms. The number of pyridine rings is 1. The van der Waals surface area contributed by atoms with Crippen molar-refractivity contribution in [2.75, 3.05) is 13.2 Å². The number of aryl methyl sites for hydroxylation is 1. The van der Waals surface area contributed by atoms with Crippen molar-refractivity contribution in [1.82, 2.24) is 30.1 Å². The summed E-state index contributed by atoms with van der Waals surface area (Å²) in [5.74, 6) is 0.654. The van der Waals surface area contributed by atoms with Gasteiger partial charge in [0.1, 0.15) is 6.04 Å². The number of tetrazole rings is 1. The number of hydrogen-bond acceptors (Lipinski definition) is 6. The number of aromatic nitrogens is 5. The van der Waals surface area contributed by atoms with Crippen molar-refractivity contribution in [2.24, 2.45) is 0 Å². The molecule has 8 nitrogen and oxygen atoms in total. The largest absolute Gasteiger partial charge is 0.376 e. The molecule has 0 amide bonds. The Bertz CT molecular complexity index is 1630. The van der Waals surface area contributed by atoms with Crippen LogP contribution in [0.1, 0.15) is 53.9 Å². The number of aromatic amines is 1. The summed E-state index contributed by atoms with van der Waals surface area (Å²) in [4.78, 5) is 19.3. The summed E-state index contributed by atoms with van der Waals surface area (Å²) >= 11 is 0. The number of fused-ring (bicyclic) bond motifs is 1. The van der Waals surface area contributed by atoms with Crippen LogP contribution in [0.2, 0.25) is 0 Å². The van der Waals surface area contributed by atoms with Crippen LogP contribution >= 0.6 is 0 Å². The van der Waals surface area contributed by atoms with Crippen molar-refractivity contribution >= 4 is 10.9 Å². The van der Waals surface area contributed by atoms with E-state index in [-0.39, 0.29) is 11.7 Å². The summed E-state index contributed by atoms with van der Waals surface area (Å²) in [5, 5.41) is 14.1. The van der Waals surface area contributed by atoms with Gasteiger partial charge in [-0.15, -0.1) is 5.10 Å². The van der Waals surface area contributed by atoms with Crippen LogP contribution < -0.4 is 5.56 Å². The second-order valence-corrected chi connectivity index (χ2v) is 10.8. The second-order valence-electron chi connectivity index (χ2n) is 10.8. The van der Waals surface area contributed by atoms with Crippen molar-refractivity contribution in [3.05, 3.63) is 123 Å². The molecule has 1 aliphatic heterocycles. The van der Waals surface area contributed by atoms with Crippen molar-refractivity contribution in [3.8, 4) is 0 Å². The van der Waals surface area contributed by atoms with E-state index in [0.717, 1.165) is 48.8 Å². The minimum atomic E-state index is -0.464. The minimum absolute atomic E-state index is 0.0618. The van der Waals surface area contributed by atoms with Gasteiger partial charge in [-0.25, -0.2) is 4.68 Å². The molecule has 0 saturated carbocycles. The van der Waals surface area contributed by atoms with E-state index in [1.54, 1.807) is 0 Å². The third-order valence-corrected chi connectivity index (χ3v) is 7.97. The predicted octanol–water partition coefficient (Wildman–Crippen LogP) is 5.09. The predicted molar refractivity (Wildman–Crippen MR) is 160 cm³/mol. The quantitative estimate of drug-likeness (QED) is 0.247. The molecule has 8 heteroatoms. The number of rotatable bonds is 11. The summed E-state index contributed by atoms with van der Waals surface area (Å²) in [6, 6.07) is 28.6. The van der Waals surface area contributed by atoms with E-state index in [9.17, 15) is 4.79 Å². The maximum atomic E-state index is 13.8. The molecule has 0 unspecified atom stereocenters. The zero-order valence-electron chi connectivity index (χ0n) is 23.4. The number of H-pyrrole nitrogens is 1. The number of benzene rings is 3. The van der Waals surface area contributed by atoms with Gasteiger partial charge in [0.15, 0.2) is 5.82 Å². The molecule has 3 heterocycles. The van der Waals surface area contributed by atoms with Crippen LogP contribution in [0, 0.1) is 0 Å². The molecule has 1 N–H and O–H groups in total. The number of hydrogen-bond donors (Lipinski definition) is 1. The minimum Gasteiger partial charge on any atom is -0.376 e. The summed E-state index contributed by atoms with van der Waals surface area (Å²) in [6.07, 6.45) is 3.81. The molecule has 210 valence electrons. The highest BCUT2D eigenvalue weighted by molar-refractivity contribution is 5.80. The maximum absolute atomic E-state index is 13.8. The SMILES string of the molecule is CCc1ccc2[nH]c(=O)c([C@H](c3nnnn3C[C@@H]3CCCO3)N(CCc3ccccc3)Cc3ccccc3)cc2c1. The van der Waals surface area contributed by atoms with Gasteiger partial charge in [0.2, 0.25) is 0 Å². The van der Waals surface area contributed by atoms with Crippen LogP contribution in [0.25, 0.3) is 10.9 Å². The molecule has 5 aromatic rings. The van der Waals surface area contributed by atoms with E-state index in [2.05, 4.69) is 93.0 Å². The molecule has 0 radical (unpaired) electrons.